The maximum atomic E-state index is 5.75. The Balaban J connectivity index is 2.65. The standard InChI is InChI=1S/C7H17O3PSSi/c1-6-7(2)9-11(12,8-6)10-13(3,4)5/h6-7H,1-5H3. The van der Waals surface area contributed by atoms with Crippen LogP contribution in [0.5, 0.6) is 0 Å². The Morgan fingerprint density at radius 1 is 1.15 bits per heavy atom. The van der Waals surface area contributed by atoms with Gasteiger partial charge in [0.25, 0.3) is 0 Å². The average Bonchev–Trinajstić information content (AvgIpc) is 2.00. The van der Waals surface area contributed by atoms with E-state index >= 15 is 0 Å². The van der Waals surface area contributed by atoms with Crippen LogP contribution in [0.15, 0.2) is 0 Å². The van der Waals surface area contributed by atoms with Crippen LogP contribution in [0.1, 0.15) is 13.8 Å². The Morgan fingerprint density at radius 3 is 1.85 bits per heavy atom. The molecule has 2 atom stereocenters. The molecule has 0 bridgehead atoms. The predicted molar refractivity (Wildman–Crippen MR) is 59.8 cm³/mol. The van der Waals surface area contributed by atoms with Gasteiger partial charge in [0.05, 0.1) is 12.2 Å². The van der Waals surface area contributed by atoms with Crippen LogP contribution >= 0.6 is 6.72 Å². The summed E-state index contributed by atoms with van der Waals surface area (Å²) in [5.41, 5.74) is 0. The minimum atomic E-state index is -2.41. The molecule has 0 aromatic heterocycles. The molecule has 1 aliphatic rings. The van der Waals surface area contributed by atoms with Crippen LogP contribution in [0, 0.1) is 0 Å². The first kappa shape index (κ1) is 11.8. The maximum Gasteiger partial charge on any atom is 0.317 e. The van der Waals surface area contributed by atoms with Crippen molar-refractivity contribution in [3.63, 3.8) is 0 Å². The Morgan fingerprint density at radius 2 is 1.54 bits per heavy atom. The minimum Gasteiger partial charge on any atom is -0.351 e. The van der Waals surface area contributed by atoms with Gasteiger partial charge in [-0.3, -0.25) is 0 Å². The summed E-state index contributed by atoms with van der Waals surface area (Å²) in [4.78, 5) is 0. The lowest BCUT2D eigenvalue weighted by Gasteiger charge is -2.23. The number of hydrogen-bond donors (Lipinski definition) is 0. The quantitative estimate of drug-likeness (QED) is 0.548. The number of rotatable bonds is 2. The molecule has 1 fully saturated rings. The van der Waals surface area contributed by atoms with E-state index in [0.29, 0.717) is 0 Å². The first-order chi connectivity index (χ1) is 5.72. The monoisotopic (exact) mass is 240 g/mol. The van der Waals surface area contributed by atoms with Gasteiger partial charge in [-0.05, 0) is 45.3 Å². The van der Waals surface area contributed by atoms with Gasteiger partial charge in [0.2, 0.25) is 0 Å². The molecule has 1 heterocycles. The zero-order valence-corrected chi connectivity index (χ0v) is 11.4. The molecule has 0 amide bonds. The highest BCUT2D eigenvalue weighted by Gasteiger charge is 2.40. The fraction of sp³-hybridized carbons (Fsp3) is 1.00. The lowest BCUT2D eigenvalue weighted by atomic mass is 10.3. The SMILES string of the molecule is CC1OP(=S)(O[Si](C)(C)C)OC1C. The summed E-state index contributed by atoms with van der Waals surface area (Å²) >= 11 is 5.25. The lowest BCUT2D eigenvalue weighted by molar-refractivity contribution is 0.187. The van der Waals surface area contributed by atoms with E-state index in [-0.39, 0.29) is 12.2 Å². The first-order valence-corrected chi connectivity index (χ1v) is 10.4. The summed E-state index contributed by atoms with van der Waals surface area (Å²) < 4.78 is 16.9. The minimum absolute atomic E-state index is 0.0576. The third-order valence-corrected chi connectivity index (χ3v) is 7.09. The van der Waals surface area contributed by atoms with Gasteiger partial charge in [0.1, 0.15) is 0 Å². The number of hydrogen-bond acceptors (Lipinski definition) is 4. The summed E-state index contributed by atoms with van der Waals surface area (Å²) in [6.45, 7) is 7.77. The van der Waals surface area contributed by atoms with Gasteiger partial charge >= 0.3 is 6.72 Å². The van der Waals surface area contributed by atoms with E-state index < -0.39 is 15.0 Å². The van der Waals surface area contributed by atoms with Crippen molar-refractivity contribution in [1.82, 2.24) is 0 Å². The molecule has 0 aromatic carbocycles. The van der Waals surface area contributed by atoms with Crippen molar-refractivity contribution < 1.29 is 13.3 Å². The van der Waals surface area contributed by atoms with Crippen molar-refractivity contribution in [3.05, 3.63) is 0 Å². The molecule has 2 unspecified atom stereocenters. The fourth-order valence-corrected chi connectivity index (χ4v) is 8.04. The van der Waals surface area contributed by atoms with Crippen molar-refractivity contribution in [3.8, 4) is 0 Å². The zero-order chi connectivity index (χ0) is 10.3. The van der Waals surface area contributed by atoms with Crippen molar-refractivity contribution in [2.24, 2.45) is 0 Å². The van der Waals surface area contributed by atoms with Crippen LogP contribution in [0.3, 0.4) is 0 Å². The average molecular weight is 240 g/mol. The van der Waals surface area contributed by atoms with E-state index in [0.717, 1.165) is 0 Å². The highest BCUT2D eigenvalue weighted by Crippen LogP contribution is 2.59. The van der Waals surface area contributed by atoms with Gasteiger partial charge in [-0.15, -0.1) is 0 Å². The van der Waals surface area contributed by atoms with Crippen molar-refractivity contribution in [2.75, 3.05) is 0 Å². The summed E-state index contributed by atoms with van der Waals surface area (Å²) in [5, 5.41) is 0. The predicted octanol–water partition coefficient (Wildman–Crippen LogP) is 2.89. The van der Waals surface area contributed by atoms with E-state index in [1.54, 1.807) is 0 Å². The van der Waals surface area contributed by atoms with Crippen LogP contribution < -0.4 is 0 Å². The topological polar surface area (TPSA) is 27.7 Å². The molecule has 78 valence electrons. The van der Waals surface area contributed by atoms with Crippen LogP contribution in [0.2, 0.25) is 19.6 Å². The normalized spacial score (nSPS) is 41.0. The largest absolute Gasteiger partial charge is 0.351 e. The van der Waals surface area contributed by atoms with Gasteiger partial charge in [0.15, 0.2) is 8.32 Å². The smallest absolute Gasteiger partial charge is 0.317 e. The molecule has 0 aliphatic carbocycles. The molecule has 13 heavy (non-hydrogen) atoms. The molecule has 0 radical (unpaired) electrons. The van der Waals surface area contributed by atoms with Crippen molar-refractivity contribution in [1.29, 1.82) is 0 Å². The summed E-state index contributed by atoms with van der Waals surface area (Å²) in [6.07, 6.45) is 0.115. The third-order valence-electron chi connectivity index (χ3n) is 1.64. The van der Waals surface area contributed by atoms with Gasteiger partial charge in [-0.25, -0.2) is 0 Å². The molecule has 0 N–H and O–H groups in total. The van der Waals surface area contributed by atoms with E-state index in [1.807, 2.05) is 13.8 Å². The Kier molecular flexibility index (Phi) is 3.38. The molecule has 1 rings (SSSR count). The highest BCUT2D eigenvalue weighted by atomic mass is 32.5. The second-order valence-corrected chi connectivity index (χ2v) is 11.9. The third kappa shape index (κ3) is 3.42. The molecular formula is C7H17O3PSSi. The Bertz CT molecular complexity index is 226. The van der Waals surface area contributed by atoms with Gasteiger partial charge in [-0.2, -0.15) is 0 Å². The van der Waals surface area contributed by atoms with Crippen LogP contribution in [-0.4, -0.2) is 20.5 Å². The highest BCUT2D eigenvalue weighted by molar-refractivity contribution is 8.08. The molecule has 0 saturated carbocycles. The molecule has 6 heteroatoms. The summed E-state index contributed by atoms with van der Waals surface area (Å²) in [5.74, 6) is 0. The van der Waals surface area contributed by atoms with Crippen LogP contribution in [-0.2, 0) is 25.1 Å². The van der Waals surface area contributed by atoms with Gasteiger partial charge < -0.3 is 13.3 Å². The molecule has 0 aromatic rings. The Hall–Kier alpha value is 0.747. The first-order valence-electron chi connectivity index (χ1n) is 4.39. The lowest BCUT2D eigenvalue weighted by Crippen LogP contribution is -2.23. The molecular weight excluding hydrogens is 223 g/mol. The fourth-order valence-electron chi connectivity index (χ4n) is 0.982. The van der Waals surface area contributed by atoms with Crippen LogP contribution in [0.25, 0.3) is 0 Å². The second kappa shape index (κ2) is 3.72. The summed E-state index contributed by atoms with van der Waals surface area (Å²) in [7, 11) is -1.66. The van der Waals surface area contributed by atoms with Gasteiger partial charge in [0, 0.05) is 0 Å². The molecule has 3 nitrogen and oxygen atoms in total. The molecule has 1 saturated heterocycles. The molecule has 0 spiro atoms. The van der Waals surface area contributed by atoms with E-state index in [2.05, 4.69) is 19.6 Å². The maximum absolute atomic E-state index is 5.75. The Labute approximate surface area is 86.1 Å². The van der Waals surface area contributed by atoms with Gasteiger partial charge in [-0.1, -0.05) is 0 Å². The van der Waals surface area contributed by atoms with E-state index in [9.17, 15) is 0 Å². The van der Waals surface area contributed by atoms with Crippen LogP contribution in [0.4, 0.5) is 0 Å². The van der Waals surface area contributed by atoms with E-state index in [1.165, 1.54) is 0 Å². The van der Waals surface area contributed by atoms with E-state index in [4.69, 9.17) is 25.1 Å². The van der Waals surface area contributed by atoms with Crippen molar-refractivity contribution in [2.45, 2.75) is 45.7 Å². The molecule has 1 aliphatic heterocycles. The summed E-state index contributed by atoms with van der Waals surface area (Å²) in [6, 6.07) is 0. The second-order valence-electron chi connectivity index (χ2n) is 4.27. The van der Waals surface area contributed by atoms with Crippen molar-refractivity contribution >= 4 is 26.8 Å². The zero-order valence-electron chi connectivity index (χ0n) is 8.73.